The fourth-order valence-electron chi connectivity index (χ4n) is 5.29. The van der Waals surface area contributed by atoms with E-state index < -0.39 is 11.8 Å². The number of carboxylic acid groups (broad SMARTS) is 1. The lowest BCUT2D eigenvalue weighted by Gasteiger charge is -2.21. The van der Waals surface area contributed by atoms with Crippen LogP contribution in [-0.2, 0) is 4.79 Å². The summed E-state index contributed by atoms with van der Waals surface area (Å²) in [7, 11) is 0. The number of aliphatic carboxylic acids is 1. The zero-order valence-corrected chi connectivity index (χ0v) is 15.1. The number of rotatable bonds is 2. The fourth-order valence-corrected chi connectivity index (χ4v) is 5.29. The summed E-state index contributed by atoms with van der Waals surface area (Å²) in [5, 5.41) is 22.5. The van der Waals surface area contributed by atoms with Crippen molar-refractivity contribution in [2.75, 3.05) is 0 Å². The SMILES string of the molecule is O=C(O)C(=O)c1cc2ccc3ccc4ccc5ccc6ccc1c1c6c5c4c3c21. The molecule has 29 heavy (non-hydrogen) atoms. The van der Waals surface area contributed by atoms with Crippen LogP contribution in [0.4, 0.5) is 0 Å². The average Bonchev–Trinajstić information content (AvgIpc) is 2.76. The van der Waals surface area contributed by atoms with E-state index in [1.165, 1.54) is 21.5 Å². The molecular weight excluding hydrogens is 360 g/mol. The highest BCUT2D eigenvalue weighted by molar-refractivity contribution is 6.48. The number of hydrogen-bond donors (Lipinski definition) is 1. The zero-order chi connectivity index (χ0) is 19.4. The Bertz CT molecular complexity index is 1730. The average molecular weight is 372 g/mol. The topological polar surface area (TPSA) is 54.4 Å². The van der Waals surface area contributed by atoms with Crippen LogP contribution in [0.25, 0.3) is 64.6 Å². The third-order valence-electron chi connectivity index (χ3n) is 6.44. The normalized spacial score (nSPS) is 12.6. The van der Waals surface area contributed by atoms with Gasteiger partial charge in [0.05, 0.1) is 0 Å². The largest absolute Gasteiger partial charge is 0.475 e. The molecule has 7 rings (SSSR count). The molecule has 0 fully saturated rings. The quantitative estimate of drug-likeness (QED) is 0.170. The molecule has 0 saturated heterocycles. The van der Waals surface area contributed by atoms with E-state index in [4.69, 9.17) is 0 Å². The molecule has 0 saturated carbocycles. The van der Waals surface area contributed by atoms with Crippen LogP contribution in [-0.4, -0.2) is 16.9 Å². The van der Waals surface area contributed by atoms with Crippen molar-refractivity contribution in [1.29, 1.82) is 0 Å². The molecule has 0 radical (unpaired) electrons. The van der Waals surface area contributed by atoms with E-state index >= 15 is 0 Å². The first-order valence-electron chi connectivity index (χ1n) is 9.51. The number of carboxylic acids is 1. The highest BCUT2D eigenvalue weighted by Gasteiger charge is 2.24. The van der Waals surface area contributed by atoms with Crippen molar-refractivity contribution >= 4 is 76.4 Å². The summed E-state index contributed by atoms with van der Waals surface area (Å²) >= 11 is 0. The van der Waals surface area contributed by atoms with Gasteiger partial charge in [-0.25, -0.2) is 4.79 Å². The predicted molar refractivity (Wildman–Crippen MR) is 117 cm³/mol. The van der Waals surface area contributed by atoms with Crippen molar-refractivity contribution in [2.45, 2.75) is 0 Å². The van der Waals surface area contributed by atoms with Gasteiger partial charge in [-0.05, 0) is 70.7 Å². The molecule has 0 atom stereocenters. The number of carbonyl (C=O) groups excluding carboxylic acids is 1. The number of carbonyl (C=O) groups is 2. The summed E-state index contributed by atoms with van der Waals surface area (Å²) in [4.78, 5) is 24.0. The van der Waals surface area contributed by atoms with Crippen LogP contribution in [0.2, 0.25) is 0 Å². The van der Waals surface area contributed by atoms with Gasteiger partial charge in [-0.1, -0.05) is 60.7 Å². The van der Waals surface area contributed by atoms with Gasteiger partial charge >= 0.3 is 5.97 Å². The molecule has 0 bridgehead atoms. The molecule has 134 valence electrons. The fraction of sp³-hybridized carbons (Fsp3) is 0. The maximum Gasteiger partial charge on any atom is 0.377 e. The first kappa shape index (κ1) is 15.0. The van der Waals surface area contributed by atoms with Crippen LogP contribution in [0.1, 0.15) is 10.4 Å². The van der Waals surface area contributed by atoms with Gasteiger partial charge in [0.15, 0.2) is 0 Å². The van der Waals surface area contributed by atoms with Gasteiger partial charge < -0.3 is 5.11 Å². The van der Waals surface area contributed by atoms with Crippen molar-refractivity contribution in [3.05, 3.63) is 72.3 Å². The van der Waals surface area contributed by atoms with Crippen LogP contribution in [0.5, 0.6) is 0 Å². The summed E-state index contributed by atoms with van der Waals surface area (Å²) in [6, 6.07) is 22.5. The highest BCUT2D eigenvalue weighted by atomic mass is 16.4. The van der Waals surface area contributed by atoms with Gasteiger partial charge in [-0.2, -0.15) is 0 Å². The van der Waals surface area contributed by atoms with E-state index in [1.807, 2.05) is 18.2 Å². The summed E-state index contributed by atoms with van der Waals surface area (Å²) in [6.07, 6.45) is 0. The molecule has 0 aliphatic heterocycles. The van der Waals surface area contributed by atoms with E-state index in [0.29, 0.717) is 5.39 Å². The lowest BCUT2D eigenvalue weighted by atomic mass is 9.81. The Labute approximate surface area is 163 Å². The van der Waals surface area contributed by atoms with Crippen LogP contribution in [0.15, 0.2) is 66.7 Å². The molecule has 0 heterocycles. The zero-order valence-electron chi connectivity index (χ0n) is 15.1. The molecular formula is C26H12O3. The van der Waals surface area contributed by atoms with Crippen molar-refractivity contribution in [1.82, 2.24) is 0 Å². The minimum absolute atomic E-state index is 0.254. The van der Waals surface area contributed by atoms with Crippen molar-refractivity contribution < 1.29 is 14.7 Å². The molecule has 0 aliphatic carbocycles. The molecule has 3 nitrogen and oxygen atoms in total. The Morgan fingerprint density at radius 1 is 0.517 bits per heavy atom. The van der Waals surface area contributed by atoms with Crippen molar-refractivity contribution in [3.63, 3.8) is 0 Å². The lowest BCUT2D eigenvalue weighted by molar-refractivity contribution is -0.131. The number of ketones is 1. The number of hydrogen-bond acceptors (Lipinski definition) is 2. The smallest absolute Gasteiger partial charge is 0.377 e. The number of Topliss-reactive ketones (excluding diaryl/α,β-unsaturated/α-hetero) is 1. The van der Waals surface area contributed by atoms with Gasteiger partial charge in [0, 0.05) is 5.56 Å². The first-order valence-corrected chi connectivity index (χ1v) is 9.51. The van der Waals surface area contributed by atoms with Crippen LogP contribution >= 0.6 is 0 Å². The van der Waals surface area contributed by atoms with E-state index in [1.54, 1.807) is 6.07 Å². The molecule has 7 aromatic rings. The summed E-state index contributed by atoms with van der Waals surface area (Å²) in [6.45, 7) is 0. The van der Waals surface area contributed by atoms with Crippen molar-refractivity contribution in [2.24, 2.45) is 0 Å². The lowest BCUT2D eigenvalue weighted by Crippen LogP contribution is -2.13. The Kier molecular flexibility index (Phi) is 2.43. The van der Waals surface area contributed by atoms with E-state index in [9.17, 15) is 14.7 Å². The second kappa shape index (κ2) is 4.70. The molecule has 0 spiro atoms. The van der Waals surface area contributed by atoms with Crippen LogP contribution < -0.4 is 0 Å². The Balaban J connectivity index is 1.94. The summed E-state index contributed by atoms with van der Waals surface area (Å²) in [5.41, 5.74) is 0.254. The first-order chi connectivity index (χ1) is 14.1. The van der Waals surface area contributed by atoms with Crippen molar-refractivity contribution in [3.8, 4) is 0 Å². The molecule has 0 aromatic heterocycles. The third kappa shape index (κ3) is 1.61. The van der Waals surface area contributed by atoms with E-state index in [2.05, 4.69) is 42.5 Å². The highest BCUT2D eigenvalue weighted by Crippen LogP contribution is 2.48. The summed E-state index contributed by atoms with van der Waals surface area (Å²) < 4.78 is 0. The molecule has 7 aromatic carbocycles. The maximum absolute atomic E-state index is 12.5. The standard InChI is InChI=1S/C26H12O3/c27-25(26(28)29)18-11-16-8-7-14-4-2-12-1-3-13-5-6-15-9-10-17(18)24-22(15)20(13)19(12)21(14)23(16)24/h1-11H,(H,28,29). The monoisotopic (exact) mass is 372 g/mol. The maximum atomic E-state index is 12.5. The molecule has 0 aliphatic rings. The summed E-state index contributed by atoms with van der Waals surface area (Å²) in [5.74, 6) is -2.29. The van der Waals surface area contributed by atoms with Gasteiger partial charge in [-0.3, -0.25) is 4.79 Å². The van der Waals surface area contributed by atoms with Gasteiger partial charge in [-0.15, -0.1) is 0 Å². The third-order valence-corrected chi connectivity index (χ3v) is 6.44. The van der Waals surface area contributed by atoms with E-state index in [-0.39, 0.29) is 5.56 Å². The van der Waals surface area contributed by atoms with E-state index in [0.717, 1.165) is 37.7 Å². The molecule has 0 unspecified atom stereocenters. The molecule has 0 amide bonds. The Morgan fingerprint density at radius 3 is 1.38 bits per heavy atom. The Hall–Kier alpha value is -3.98. The van der Waals surface area contributed by atoms with Gasteiger partial charge in [0.25, 0.3) is 5.78 Å². The van der Waals surface area contributed by atoms with Gasteiger partial charge in [0.2, 0.25) is 0 Å². The second-order valence-electron chi connectivity index (χ2n) is 7.80. The predicted octanol–water partition coefficient (Wildman–Crippen LogP) is 6.19. The minimum Gasteiger partial charge on any atom is -0.475 e. The minimum atomic E-state index is -1.43. The second-order valence-corrected chi connectivity index (χ2v) is 7.80. The Morgan fingerprint density at radius 2 is 0.897 bits per heavy atom. The molecule has 3 heteroatoms. The van der Waals surface area contributed by atoms with Gasteiger partial charge in [0.1, 0.15) is 0 Å². The van der Waals surface area contributed by atoms with Crippen LogP contribution in [0, 0.1) is 0 Å². The number of benzene rings is 7. The molecule has 1 N–H and O–H groups in total. The van der Waals surface area contributed by atoms with Crippen LogP contribution in [0.3, 0.4) is 0 Å².